The molecule has 0 spiro atoms. The molecule has 4 aromatic carbocycles. The summed E-state index contributed by atoms with van der Waals surface area (Å²) in [6, 6.07) is 24.1. The maximum atomic E-state index is 14.1. The largest absolute Gasteiger partial charge is 0.478 e. The number of aliphatic carboxylic acids is 1. The number of hydrogen-bond acceptors (Lipinski definition) is 5. The molecule has 37 heavy (non-hydrogen) atoms. The molecule has 7 nitrogen and oxygen atoms in total. The fraction of sp³-hybridized carbons (Fsp3) is 0.172. The van der Waals surface area contributed by atoms with Crippen molar-refractivity contribution in [3.05, 3.63) is 96.1 Å². The molecular formula is C29H28NO6P. The average molecular weight is 518 g/mol. The molecule has 0 saturated heterocycles. The Kier molecular flexibility index (Phi) is 8.19. The van der Waals surface area contributed by atoms with E-state index in [1.165, 1.54) is 6.08 Å². The van der Waals surface area contributed by atoms with Gasteiger partial charge in [0.25, 0.3) is 0 Å². The van der Waals surface area contributed by atoms with Crippen molar-refractivity contribution in [2.45, 2.75) is 19.5 Å². The van der Waals surface area contributed by atoms with Crippen LogP contribution in [0.25, 0.3) is 27.6 Å². The molecule has 1 unspecified atom stereocenters. The van der Waals surface area contributed by atoms with E-state index in [0.29, 0.717) is 16.8 Å². The van der Waals surface area contributed by atoms with Crippen LogP contribution >= 0.6 is 7.60 Å². The summed E-state index contributed by atoms with van der Waals surface area (Å²) in [5.74, 6) is -1.70. The molecular weight excluding hydrogens is 489 g/mol. The Hall–Kier alpha value is -3.77. The van der Waals surface area contributed by atoms with Crippen molar-refractivity contribution in [3.8, 4) is 0 Å². The van der Waals surface area contributed by atoms with Crippen LogP contribution in [0, 0.1) is 0 Å². The Morgan fingerprint density at radius 3 is 2.14 bits per heavy atom. The third-order valence-corrected chi connectivity index (χ3v) is 8.26. The summed E-state index contributed by atoms with van der Waals surface area (Å²) in [4.78, 5) is 25.2. The number of amides is 1. The van der Waals surface area contributed by atoms with Gasteiger partial charge in [0.2, 0.25) is 5.91 Å². The van der Waals surface area contributed by atoms with E-state index in [2.05, 4.69) is 5.32 Å². The van der Waals surface area contributed by atoms with E-state index in [-0.39, 0.29) is 13.2 Å². The lowest BCUT2D eigenvalue weighted by atomic mass is 10.0. The van der Waals surface area contributed by atoms with E-state index in [1.54, 1.807) is 38.1 Å². The van der Waals surface area contributed by atoms with Crippen LogP contribution in [-0.2, 0) is 23.2 Å². The minimum atomic E-state index is -3.97. The minimum absolute atomic E-state index is 0.0917. The highest BCUT2D eigenvalue weighted by Crippen LogP contribution is 2.62. The van der Waals surface area contributed by atoms with E-state index in [1.807, 2.05) is 54.6 Å². The average Bonchev–Trinajstić information content (AvgIpc) is 2.88. The van der Waals surface area contributed by atoms with Crippen LogP contribution in [0.5, 0.6) is 0 Å². The fourth-order valence-electron chi connectivity index (χ4n) is 4.36. The first kappa shape index (κ1) is 26.3. The van der Waals surface area contributed by atoms with Crippen LogP contribution in [0.1, 0.15) is 30.6 Å². The first-order chi connectivity index (χ1) is 17.9. The predicted octanol–water partition coefficient (Wildman–Crippen LogP) is 7.04. The van der Waals surface area contributed by atoms with Crippen molar-refractivity contribution in [1.29, 1.82) is 0 Å². The van der Waals surface area contributed by atoms with Crippen LogP contribution in [0.3, 0.4) is 0 Å². The van der Waals surface area contributed by atoms with Gasteiger partial charge in [-0.15, -0.1) is 0 Å². The van der Waals surface area contributed by atoms with Gasteiger partial charge >= 0.3 is 13.6 Å². The topological polar surface area (TPSA) is 102 Å². The Morgan fingerprint density at radius 2 is 1.49 bits per heavy atom. The summed E-state index contributed by atoms with van der Waals surface area (Å²) in [7, 11) is -3.97. The molecule has 0 aliphatic rings. The van der Waals surface area contributed by atoms with Gasteiger partial charge in [0.15, 0.2) is 5.66 Å². The molecule has 1 amide bonds. The Bertz CT molecular complexity index is 1510. The zero-order chi connectivity index (χ0) is 26.4. The van der Waals surface area contributed by atoms with Crippen molar-refractivity contribution in [2.24, 2.45) is 0 Å². The SMILES string of the molecule is CCOP(=O)(OCC)C(C(=O)Nc1cc2ccccc2cc1/C=C/C(=O)O)c1cccc2ccccc12. The molecule has 0 fully saturated rings. The summed E-state index contributed by atoms with van der Waals surface area (Å²) < 4.78 is 25.4. The number of nitrogens with one attached hydrogen (secondary N) is 1. The molecule has 0 saturated carbocycles. The number of hydrogen-bond donors (Lipinski definition) is 2. The van der Waals surface area contributed by atoms with Crippen molar-refractivity contribution in [3.63, 3.8) is 0 Å². The lowest BCUT2D eigenvalue weighted by Crippen LogP contribution is -2.24. The second-order valence-electron chi connectivity index (χ2n) is 8.29. The molecule has 0 heterocycles. The van der Waals surface area contributed by atoms with Crippen molar-refractivity contribution >= 4 is 52.8 Å². The third-order valence-electron chi connectivity index (χ3n) is 5.88. The van der Waals surface area contributed by atoms with Gasteiger partial charge in [-0.25, -0.2) is 4.79 Å². The number of benzene rings is 4. The normalized spacial score (nSPS) is 12.7. The molecule has 0 aliphatic heterocycles. The smallest absolute Gasteiger partial charge is 0.347 e. The van der Waals surface area contributed by atoms with E-state index in [4.69, 9.17) is 9.05 Å². The summed E-state index contributed by atoms with van der Waals surface area (Å²) in [5.41, 5.74) is 0.130. The lowest BCUT2D eigenvalue weighted by molar-refractivity contribution is -0.131. The summed E-state index contributed by atoms with van der Waals surface area (Å²) in [5, 5.41) is 15.4. The minimum Gasteiger partial charge on any atom is -0.478 e. The zero-order valence-electron chi connectivity index (χ0n) is 20.6. The molecule has 0 aromatic heterocycles. The molecule has 4 rings (SSSR count). The van der Waals surface area contributed by atoms with Gasteiger partial charge in [-0.05, 0) is 64.7 Å². The van der Waals surface area contributed by atoms with E-state index in [9.17, 15) is 19.3 Å². The summed E-state index contributed by atoms with van der Waals surface area (Å²) >= 11 is 0. The first-order valence-corrected chi connectivity index (χ1v) is 13.6. The number of carbonyl (C=O) groups excluding carboxylic acids is 1. The molecule has 2 N–H and O–H groups in total. The molecule has 1 atom stereocenters. The van der Waals surface area contributed by atoms with Gasteiger partial charge < -0.3 is 19.5 Å². The van der Waals surface area contributed by atoms with Crippen LogP contribution in [0.2, 0.25) is 0 Å². The number of carboxylic acids is 1. The second-order valence-corrected chi connectivity index (χ2v) is 10.4. The van der Waals surface area contributed by atoms with Crippen LogP contribution in [0.4, 0.5) is 5.69 Å². The number of anilines is 1. The number of fused-ring (bicyclic) bond motifs is 2. The zero-order valence-corrected chi connectivity index (χ0v) is 21.5. The van der Waals surface area contributed by atoms with Gasteiger partial charge in [-0.2, -0.15) is 0 Å². The van der Waals surface area contributed by atoms with Crippen molar-refractivity contribution < 1.29 is 28.3 Å². The number of rotatable bonds is 10. The number of carbonyl (C=O) groups is 2. The Balaban J connectivity index is 1.87. The predicted molar refractivity (Wildman–Crippen MR) is 147 cm³/mol. The molecule has 8 heteroatoms. The van der Waals surface area contributed by atoms with Crippen LogP contribution < -0.4 is 5.32 Å². The molecule has 0 radical (unpaired) electrons. The maximum Gasteiger partial charge on any atom is 0.347 e. The highest BCUT2D eigenvalue weighted by molar-refractivity contribution is 7.55. The van der Waals surface area contributed by atoms with Gasteiger partial charge in [0.1, 0.15) is 0 Å². The van der Waals surface area contributed by atoms with Crippen LogP contribution in [0.15, 0.2) is 84.9 Å². The van der Waals surface area contributed by atoms with Crippen LogP contribution in [-0.4, -0.2) is 30.2 Å². The summed E-state index contributed by atoms with van der Waals surface area (Å²) in [6.07, 6.45) is 2.43. The van der Waals surface area contributed by atoms with Gasteiger partial charge in [-0.3, -0.25) is 9.36 Å². The standard InChI is InChI=1S/C29H28NO6P/c1-3-35-37(34,36-4-2)28(25-15-9-13-20-10-7-8-14-24(20)25)29(33)30-26-19-22-12-6-5-11-21(22)18-23(26)16-17-27(31)32/h5-19,28H,3-4H2,1-2H3,(H,30,33)(H,31,32)/b17-16+. The lowest BCUT2D eigenvalue weighted by Gasteiger charge is -2.27. The maximum absolute atomic E-state index is 14.1. The Morgan fingerprint density at radius 1 is 0.892 bits per heavy atom. The first-order valence-electron chi connectivity index (χ1n) is 12.0. The Labute approximate surface area is 215 Å². The van der Waals surface area contributed by atoms with E-state index < -0.39 is 25.1 Å². The highest BCUT2D eigenvalue weighted by Gasteiger charge is 2.43. The fourth-order valence-corrected chi connectivity index (χ4v) is 6.37. The summed E-state index contributed by atoms with van der Waals surface area (Å²) in [6.45, 7) is 3.58. The number of carboxylic acid groups (broad SMARTS) is 1. The van der Waals surface area contributed by atoms with E-state index >= 15 is 0 Å². The monoisotopic (exact) mass is 517 g/mol. The second kappa shape index (κ2) is 11.5. The van der Waals surface area contributed by atoms with E-state index in [0.717, 1.165) is 27.6 Å². The third kappa shape index (κ3) is 5.81. The molecule has 190 valence electrons. The highest BCUT2D eigenvalue weighted by atomic mass is 31.2. The van der Waals surface area contributed by atoms with Gasteiger partial charge in [-0.1, -0.05) is 66.7 Å². The van der Waals surface area contributed by atoms with Crippen molar-refractivity contribution in [1.82, 2.24) is 0 Å². The molecule has 4 aromatic rings. The van der Waals surface area contributed by atoms with Gasteiger partial charge in [0, 0.05) is 11.8 Å². The van der Waals surface area contributed by atoms with Gasteiger partial charge in [0.05, 0.1) is 13.2 Å². The molecule has 0 aliphatic carbocycles. The van der Waals surface area contributed by atoms with Crippen molar-refractivity contribution in [2.75, 3.05) is 18.5 Å². The molecule has 0 bridgehead atoms. The quantitative estimate of drug-likeness (QED) is 0.173.